The molecule has 18 heavy (non-hydrogen) atoms. The van der Waals surface area contributed by atoms with E-state index in [-0.39, 0.29) is 11.9 Å². The van der Waals surface area contributed by atoms with Gasteiger partial charge in [-0.15, -0.1) is 0 Å². The predicted octanol–water partition coefficient (Wildman–Crippen LogP) is 1.23. The highest BCUT2D eigenvalue weighted by Gasteiger charge is 2.44. The molecule has 0 aliphatic carbocycles. The number of likely N-dealkylation sites (tertiary alicyclic amines) is 1. The van der Waals surface area contributed by atoms with Gasteiger partial charge in [0.1, 0.15) is 5.54 Å². The molecule has 2 atom stereocenters. The molecule has 0 spiro atoms. The second-order valence-corrected chi connectivity index (χ2v) is 5.57. The lowest BCUT2D eigenvalue weighted by atomic mass is 9.87. The molecule has 0 saturated carbocycles. The van der Waals surface area contributed by atoms with Gasteiger partial charge in [0.2, 0.25) is 5.91 Å². The molecular weight excluding hydrogens is 232 g/mol. The van der Waals surface area contributed by atoms with E-state index in [0.29, 0.717) is 13.0 Å². The van der Waals surface area contributed by atoms with Crippen LogP contribution in [0.2, 0.25) is 0 Å². The summed E-state index contributed by atoms with van der Waals surface area (Å²) >= 11 is 0. The van der Waals surface area contributed by atoms with Crippen LogP contribution in [0.3, 0.4) is 0 Å². The molecule has 1 amide bonds. The first-order valence-corrected chi connectivity index (χ1v) is 6.59. The normalized spacial score (nSPS) is 26.9. The van der Waals surface area contributed by atoms with Crippen molar-refractivity contribution in [2.75, 3.05) is 6.54 Å². The first-order chi connectivity index (χ1) is 8.29. The fraction of sp³-hybridized carbons (Fsp3) is 0.846. The molecule has 2 unspecified atom stereocenters. The number of nitrogens with one attached hydrogen (secondary N) is 1. The molecule has 0 bridgehead atoms. The van der Waals surface area contributed by atoms with Crippen LogP contribution in [0.15, 0.2) is 0 Å². The third kappa shape index (κ3) is 3.02. The summed E-state index contributed by atoms with van der Waals surface area (Å²) in [6.07, 6.45) is 2.45. The summed E-state index contributed by atoms with van der Waals surface area (Å²) in [5.74, 6) is -0.939. The van der Waals surface area contributed by atoms with Crippen molar-refractivity contribution >= 4 is 11.9 Å². The van der Waals surface area contributed by atoms with E-state index in [1.165, 1.54) is 0 Å². The number of carbonyl (C=O) groups excluding carboxylic acids is 1. The van der Waals surface area contributed by atoms with Crippen molar-refractivity contribution in [3.8, 4) is 0 Å². The van der Waals surface area contributed by atoms with Gasteiger partial charge in [0.05, 0.1) is 6.04 Å². The van der Waals surface area contributed by atoms with Crippen molar-refractivity contribution in [1.29, 1.82) is 0 Å². The zero-order valence-corrected chi connectivity index (χ0v) is 11.7. The van der Waals surface area contributed by atoms with Gasteiger partial charge in [-0.25, -0.2) is 0 Å². The van der Waals surface area contributed by atoms with E-state index in [2.05, 4.69) is 5.32 Å². The number of carboxylic acids is 1. The SMILES string of the molecule is CC(C)NC(=O)C(C)N1CCCCC1(C)C(=O)O. The summed E-state index contributed by atoms with van der Waals surface area (Å²) in [4.78, 5) is 25.3. The van der Waals surface area contributed by atoms with Gasteiger partial charge < -0.3 is 10.4 Å². The molecule has 5 heteroatoms. The monoisotopic (exact) mass is 256 g/mol. The lowest BCUT2D eigenvalue weighted by Gasteiger charge is -2.44. The Morgan fingerprint density at radius 1 is 1.28 bits per heavy atom. The Hall–Kier alpha value is -1.10. The summed E-state index contributed by atoms with van der Waals surface area (Å²) in [6.45, 7) is 7.96. The van der Waals surface area contributed by atoms with E-state index in [4.69, 9.17) is 0 Å². The Kier molecular flexibility index (Phi) is 4.73. The van der Waals surface area contributed by atoms with Gasteiger partial charge in [0.15, 0.2) is 0 Å². The zero-order chi connectivity index (χ0) is 13.9. The molecule has 0 radical (unpaired) electrons. The Bertz CT molecular complexity index is 330. The van der Waals surface area contributed by atoms with Crippen LogP contribution in [-0.2, 0) is 9.59 Å². The lowest BCUT2D eigenvalue weighted by Crippen LogP contribution is -2.61. The number of hydrogen-bond acceptors (Lipinski definition) is 3. The van der Waals surface area contributed by atoms with Gasteiger partial charge in [-0.1, -0.05) is 0 Å². The van der Waals surface area contributed by atoms with Crippen LogP contribution in [0, 0.1) is 0 Å². The van der Waals surface area contributed by atoms with Crippen LogP contribution in [0.5, 0.6) is 0 Å². The van der Waals surface area contributed by atoms with E-state index in [1.807, 2.05) is 18.7 Å². The average molecular weight is 256 g/mol. The summed E-state index contributed by atoms with van der Waals surface area (Å²) in [7, 11) is 0. The molecule has 104 valence electrons. The van der Waals surface area contributed by atoms with Crippen LogP contribution in [0.25, 0.3) is 0 Å². The minimum absolute atomic E-state index is 0.0702. The van der Waals surface area contributed by atoms with Gasteiger partial charge in [0.25, 0.3) is 0 Å². The number of nitrogens with zero attached hydrogens (tertiary/aromatic N) is 1. The number of carbonyl (C=O) groups is 2. The Morgan fingerprint density at radius 2 is 1.89 bits per heavy atom. The second kappa shape index (κ2) is 5.69. The molecule has 2 N–H and O–H groups in total. The van der Waals surface area contributed by atoms with Crippen molar-refractivity contribution in [3.05, 3.63) is 0 Å². The molecule has 1 fully saturated rings. The summed E-state index contributed by atoms with van der Waals surface area (Å²) in [5.41, 5.74) is -0.925. The molecule has 0 aromatic heterocycles. The van der Waals surface area contributed by atoms with Crippen molar-refractivity contribution in [2.24, 2.45) is 0 Å². The molecule has 1 aliphatic heterocycles. The van der Waals surface area contributed by atoms with Gasteiger partial charge in [-0.05, 0) is 47.0 Å². The molecule has 5 nitrogen and oxygen atoms in total. The maximum absolute atomic E-state index is 12.0. The summed E-state index contributed by atoms with van der Waals surface area (Å²) in [6, 6.07) is -0.338. The van der Waals surface area contributed by atoms with Crippen LogP contribution >= 0.6 is 0 Å². The van der Waals surface area contributed by atoms with E-state index < -0.39 is 17.6 Å². The largest absolute Gasteiger partial charge is 0.480 e. The van der Waals surface area contributed by atoms with Crippen molar-refractivity contribution in [1.82, 2.24) is 10.2 Å². The van der Waals surface area contributed by atoms with Gasteiger partial charge >= 0.3 is 5.97 Å². The van der Waals surface area contributed by atoms with Crippen molar-refractivity contribution < 1.29 is 14.7 Å². The van der Waals surface area contributed by atoms with E-state index in [9.17, 15) is 14.7 Å². The first-order valence-electron chi connectivity index (χ1n) is 6.59. The van der Waals surface area contributed by atoms with Crippen LogP contribution in [0.4, 0.5) is 0 Å². The highest BCUT2D eigenvalue weighted by atomic mass is 16.4. The Labute approximate surface area is 109 Å². The molecular formula is C13H24N2O3. The predicted molar refractivity (Wildman–Crippen MR) is 69.3 cm³/mol. The van der Waals surface area contributed by atoms with Crippen LogP contribution < -0.4 is 5.32 Å². The number of amides is 1. The smallest absolute Gasteiger partial charge is 0.323 e. The minimum Gasteiger partial charge on any atom is -0.480 e. The maximum atomic E-state index is 12.0. The second-order valence-electron chi connectivity index (χ2n) is 5.57. The number of carboxylic acid groups (broad SMARTS) is 1. The average Bonchev–Trinajstić information content (AvgIpc) is 2.27. The standard InChI is InChI=1S/C13H24N2O3/c1-9(2)14-11(16)10(3)15-8-6-5-7-13(15,4)12(17)18/h9-10H,5-8H2,1-4H3,(H,14,16)(H,17,18). The van der Waals surface area contributed by atoms with E-state index in [0.717, 1.165) is 12.8 Å². The summed E-state index contributed by atoms with van der Waals surface area (Å²) < 4.78 is 0. The molecule has 1 rings (SSSR count). The number of aliphatic carboxylic acids is 1. The maximum Gasteiger partial charge on any atom is 0.323 e. The van der Waals surface area contributed by atoms with Crippen LogP contribution in [0.1, 0.15) is 47.0 Å². The van der Waals surface area contributed by atoms with Crippen molar-refractivity contribution in [2.45, 2.75) is 64.6 Å². The van der Waals surface area contributed by atoms with E-state index in [1.54, 1.807) is 13.8 Å². The van der Waals surface area contributed by atoms with Gasteiger partial charge in [0, 0.05) is 12.6 Å². The minimum atomic E-state index is -0.925. The summed E-state index contributed by atoms with van der Waals surface area (Å²) in [5, 5.41) is 12.3. The topological polar surface area (TPSA) is 69.6 Å². The third-order valence-corrected chi connectivity index (χ3v) is 3.69. The zero-order valence-electron chi connectivity index (χ0n) is 11.7. The quantitative estimate of drug-likeness (QED) is 0.793. The molecule has 0 aromatic rings. The number of rotatable bonds is 4. The van der Waals surface area contributed by atoms with E-state index >= 15 is 0 Å². The van der Waals surface area contributed by atoms with Gasteiger partial charge in [-0.3, -0.25) is 14.5 Å². The lowest BCUT2D eigenvalue weighted by molar-refractivity contribution is -0.156. The van der Waals surface area contributed by atoms with Gasteiger partial charge in [-0.2, -0.15) is 0 Å². The highest BCUT2D eigenvalue weighted by Crippen LogP contribution is 2.30. The molecule has 0 aromatic carbocycles. The highest BCUT2D eigenvalue weighted by molar-refractivity contribution is 5.84. The van der Waals surface area contributed by atoms with Crippen LogP contribution in [-0.4, -0.2) is 46.1 Å². The Balaban J connectivity index is 2.84. The number of hydrogen-bond donors (Lipinski definition) is 2. The number of piperidine rings is 1. The van der Waals surface area contributed by atoms with Crippen molar-refractivity contribution in [3.63, 3.8) is 0 Å². The Morgan fingerprint density at radius 3 is 2.39 bits per heavy atom. The fourth-order valence-corrected chi connectivity index (χ4v) is 2.54. The third-order valence-electron chi connectivity index (χ3n) is 3.69. The molecule has 1 heterocycles. The fourth-order valence-electron chi connectivity index (χ4n) is 2.54. The first kappa shape index (κ1) is 15.0. The molecule has 1 saturated heterocycles. The molecule has 1 aliphatic rings.